The van der Waals surface area contributed by atoms with E-state index < -0.39 is 0 Å². The minimum Gasteiger partial charge on any atom is -0.337 e. The fourth-order valence-corrected chi connectivity index (χ4v) is 2.18. The standard InChI is InChI=1S/C12H12N2O2S/c1-14(7-9-4-6-17-8-9)12(16)10-3-2-5-13-11(10)15/h2-6,8H,7H2,1H3,(H,13,15). The molecule has 2 aromatic rings. The average molecular weight is 248 g/mol. The molecule has 0 aliphatic rings. The highest BCUT2D eigenvalue weighted by Crippen LogP contribution is 2.09. The Balaban J connectivity index is 2.15. The predicted molar refractivity (Wildman–Crippen MR) is 67.2 cm³/mol. The molecule has 0 aromatic carbocycles. The summed E-state index contributed by atoms with van der Waals surface area (Å²) in [4.78, 5) is 27.5. The van der Waals surface area contributed by atoms with E-state index in [0.717, 1.165) is 5.56 Å². The van der Waals surface area contributed by atoms with E-state index in [9.17, 15) is 9.59 Å². The number of amides is 1. The van der Waals surface area contributed by atoms with E-state index >= 15 is 0 Å². The molecule has 2 rings (SSSR count). The number of nitrogens with zero attached hydrogens (tertiary/aromatic N) is 1. The van der Waals surface area contributed by atoms with Gasteiger partial charge in [-0.2, -0.15) is 11.3 Å². The summed E-state index contributed by atoms with van der Waals surface area (Å²) in [5.74, 6) is -0.266. The largest absolute Gasteiger partial charge is 0.337 e. The molecule has 1 N–H and O–H groups in total. The molecule has 0 aliphatic carbocycles. The summed E-state index contributed by atoms with van der Waals surface area (Å²) in [6, 6.07) is 5.14. The molecule has 0 saturated carbocycles. The zero-order valence-corrected chi connectivity index (χ0v) is 10.2. The fourth-order valence-electron chi connectivity index (χ4n) is 1.52. The summed E-state index contributed by atoms with van der Waals surface area (Å²) >= 11 is 1.59. The number of carbonyl (C=O) groups excluding carboxylic acids is 1. The van der Waals surface area contributed by atoms with Crippen molar-refractivity contribution in [3.63, 3.8) is 0 Å². The van der Waals surface area contributed by atoms with Crippen LogP contribution in [0.25, 0.3) is 0 Å². The highest BCUT2D eigenvalue weighted by molar-refractivity contribution is 7.07. The molecule has 0 spiro atoms. The van der Waals surface area contributed by atoms with E-state index in [1.165, 1.54) is 17.2 Å². The van der Waals surface area contributed by atoms with Gasteiger partial charge in [0.1, 0.15) is 5.56 Å². The highest BCUT2D eigenvalue weighted by atomic mass is 32.1. The van der Waals surface area contributed by atoms with Crippen molar-refractivity contribution in [1.29, 1.82) is 0 Å². The number of H-pyrrole nitrogens is 1. The second-order valence-electron chi connectivity index (χ2n) is 3.71. The number of hydrogen-bond donors (Lipinski definition) is 1. The van der Waals surface area contributed by atoms with Crippen molar-refractivity contribution in [2.24, 2.45) is 0 Å². The maximum absolute atomic E-state index is 12.0. The zero-order chi connectivity index (χ0) is 12.3. The molecule has 0 atom stereocenters. The van der Waals surface area contributed by atoms with Crippen LogP contribution in [0.3, 0.4) is 0 Å². The van der Waals surface area contributed by atoms with Crippen molar-refractivity contribution in [2.45, 2.75) is 6.54 Å². The van der Waals surface area contributed by atoms with E-state index in [1.807, 2.05) is 16.8 Å². The van der Waals surface area contributed by atoms with E-state index in [2.05, 4.69) is 4.98 Å². The minimum absolute atomic E-state index is 0.172. The Morgan fingerprint density at radius 2 is 2.29 bits per heavy atom. The molecule has 0 radical (unpaired) electrons. The molecule has 0 bridgehead atoms. The summed E-state index contributed by atoms with van der Waals surface area (Å²) in [5, 5.41) is 3.95. The third-order valence-electron chi connectivity index (χ3n) is 2.40. The Kier molecular flexibility index (Phi) is 3.39. The van der Waals surface area contributed by atoms with Crippen molar-refractivity contribution >= 4 is 17.2 Å². The highest BCUT2D eigenvalue weighted by Gasteiger charge is 2.14. The lowest BCUT2D eigenvalue weighted by Gasteiger charge is -2.15. The van der Waals surface area contributed by atoms with Crippen LogP contribution in [-0.4, -0.2) is 22.8 Å². The summed E-state index contributed by atoms with van der Waals surface area (Å²) < 4.78 is 0. The number of thiophene rings is 1. The molecule has 0 saturated heterocycles. The zero-order valence-electron chi connectivity index (χ0n) is 9.34. The van der Waals surface area contributed by atoms with Gasteiger partial charge in [0.25, 0.3) is 11.5 Å². The van der Waals surface area contributed by atoms with Gasteiger partial charge in [-0.05, 0) is 34.5 Å². The number of nitrogens with one attached hydrogen (secondary N) is 1. The van der Waals surface area contributed by atoms with Gasteiger partial charge in [-0.3, -0.25) is 9.59 Å². The third-order valence-corrected chi connectivity index (χ3v) is 3.13. The molecule has 0 fully saturated rings. The number of pyridine rings is 1. The first-order chi connectivity index (χ1) is 8.18. The summed E-state index contributed by atoms with van der Waals surface area (Å²) in [6.07, 6.45) is 1.51. The van der Waals surface area contributed by atoms with E-state index in [0.29, 0.717) is 6.54 Å². The van der Waals surface area contributed by atoms with E-state index in [-0.39, 0.29) is 17.0 Å². The molecule has 0 aliphatic heterocycles. The topological polar surface area (TPSA) is 53.2 Å². The maximum atomic E-state index is 12.0. The van der Waals surface area contributed by atoms with Crippen molar-refractivity contribution < 1.29 is 4.79 Å². The average Bonchev–Trinajstić information content (AvgIpc) is 2.81. The third kappa shape index (κ3) is 2.62. The van der Waals surface area contributed by atoms with Crippen molar-refractivity contribution in [3.8, 4) is 0 Å². The van der Waals surface area contributed by atoms with Crippen LogP contribution < -0.4 is 5.56 Å². The Morgan fingerprint density at radius 3 is 2.94 bits per heavy atom. The number of rotatable bonds is 3. The number of aromatic nitrogens is 1. The molecular formula is C12H12N2O2S. The monoisotopic (exact) mass is 248 g/mol. The van der Waals surface area contributed by atoms with Crippen molar-refractivity contribution in [1.82, 2.24) is 9.88 Å². The van der Waals surface area contributed by atoms with Gasteiger partial charge in [-0.15, -0.1) is 0 Å². The molecule has 0 unspecified atom stereocenters. The minimum atomic E-state index is -0.352. The Hall–Kier alpha value is -1.88. The van der Waals surface area contributed by atoms with Crippen LogP contribution in [-0.2, 0) is 6.54 Å². The smallest absolute Gasteiger partial charge is 0.260 e. The molecule has 17 heavy (non-hydrogen) atoms. The maximum Gasteiger partial charge on any atom is 0.260 e. The van der Waals surface area contributed by atoms with Crippen molar-refractivity contribution in [3.05, 3.63) is 56.6 Å². The van der Waals surface area contributed by atoms with Gasteiger partial charge in [-0.1, -0.05) is 0 Å². The van der Waals surface area contributed by atoms with Gasteiger partial charge in [0, 0.05) is 19.8 Å². The number of carbonyl (C=O) groups is 1. The molecule has 2 aromatic heterocycles. The van der Waals surface area contributed by atoms with Crippen LogP contribution in [0.2, 0.25) is 0 Å². The van der Waals surface area contributed by atoms with Gasteiger partial charge in [0.2, 0.25) is 0 Å². The summed E-state index contributed by atoms with van der Waals surface area (Å²) in [5.41, 5.74) is 0.887. The fraction of sp³-hybridized carbons (Fsp3) is 0.167. The van der Waals surface area contributed by atoms with Gasteiger partial charge in [0.15, 0.2) is 0 Å². The van der Waals surface area contributed by atoms with E-state index in [1.54, 1.807) is 24.5 Å². The first-order valence-electron chi connectivity index (χ1n) is 5.12. The second-order valence-corrected chi connectivity index (χ2v) is 4.49. The van der Waals surface area contributed by atoms with Crippen LogP contribution in [0.4, 0.5) is 0 Å². The van der Waals surface area contributed by atoms with Crippen LogP contribution in [0.1, 0.15) is 15.9 Å². The second kappa shape index (κ2) is 4.97. The lowest BCUT2D eigenvalue weighted by atomic mass is 10.2. The van der Waals surface area contributed by atoms with Gasteiger partial charge >= 0.3 is 0 Å². The van der Waals surface area contributed by atoms with Gasteiger partial charge in [0.05, 0.1) is 0 Å². The SMILES string of the molecule is CN(Cc1ccsc1)C(=O)c1ccc[nH]c1=O. The predicted octanol–water partition coefficient (Wildman–Crippen LogP) is 1.71. The van der Waals surface area contributed by atoms with Crippen LogP contribution in [0.5, 0.6) is 0 Å². The molecule has 2 heterocycles. The summed E-state index contributed by atoms with van der Waals surface area (Å²) in [7, 11) is 1.69. The Bertz CT molecular complexity index is 560. The van der Waals surface area contributed by atoms with Crippen LogP contribution in [0.15, 0.2) is 40.0 Å². The number of aromatic amines is 1. The molecular weight excluding hydrogens is 236 g/mol. The first kappa shape index (κ1) is 11.6. The lowest BCUT2D eigenvalue weighted by molar-refractivity contribution is 0.0783. The number of hydrogen-bond acceptors (Lipinski definition) is 3. The Labute approximate surface area is 103 Å². The van der Waals surface area contributed by atoms with E-state index in [4.69, 9.17) is 0 Å². The van der Waals surface area contributed by atoms with Crippen LogP contribution in [0, 0.1) is 0 Å². The molecule has 88 valence electrons. The van der Waals surface area contributed by atoms with Gasteiger partial charge < -0.3 is 9.88 Å². The summed E-state index contributed by atoms with van der Waals surface area (Å²) in [6.45, 7) is 0.511. The normalized spacial score (nSPS) is 10.2. The first-order valence-corrected chi connectivity index (χ1v) is 6.07. The molecule has 1 amide bonds. The van der Waals surface area contributed by atoms with Crippen LogP contribution >= 0.6 is 11.3 Å². The Morgan fingerprint density at radius 1 is 1.47 bits per heavy atom. The van der Waals surface area contributed by atoms with Gasteiger partial charge in [-0.25, -0.2) is 0 Å². The quantitative estimate of drug-likeness (QED) is 0.899. The van der Waals surface area contributed by atoms with Crippen molar-refractivity contribution in [2.75, 3.05) is 7.05 Å². The molecule has 5 heteroatoms. The molecule has 4 nitrogen and oxygen atoms in total. The lowest BCUT2D eigenvalue weighted by Crippen LogP contribution is -2.30.